The van der Waals surface area contributed by atoms with Gasteiger partial charge in [-0.3, -0.25) is 14.5 Å². The molecule has 0 unspecified atom stereocenters. The van der Waals surface area contributed by atoms with Gasteiger partial charge in [0, 0.05) is 19.5 Å². The van der Waals surface area contributed by atoms with Crippen molar-refractivity contribution in [1.29, 1.82) is 0 Å². The first-order chi connectivity index (χ1) is 13.7. The molecule has 3 aliphatic rings. The SMILES string of the molecule is C[C@@H]1C[C@H](C)CN(C(=O)CN2C(=O)N[C@](C)(Cc3ccc4c(c3)OCO4)C2=O)C1. The molecule has 29 heavy (non-hydrogen) atoms. The minimum atomic E-state index is -1.10. The van der Waals surface area contributed by atoms with Crippen LogP contribution in [0.25, 0.3) is 0 Å². The molecule has 156 valence electrons. The van der Waals surface area contributed by atoms with Crippen molar-refractivity contribution in [3.05, 3.63) is 23.8 Å². The molecular formula is C21H27N3O5. The number of hydrogen-bond donors (Lipinski definition) is 1. The Labute approximate surface area is 170 Å². The van der Waals surface area contributed by atoms with Crippen LogP contribution < -0.4 is 14.8 Å². The third-order valence-corrected chi connectivity index (χ3v) is 5.85. The second-order valence-corrected chi connectivity index (χ2v) is 8.76. The maximum Gasteiger partial charge on any atom is 0.325 e. The van der Waals surface area contributed by atoms with Crippen molar-refractivity contribution < 1.29 is 23.9 Å². The molecule has 1 aromatic rings. The van der Waals surface area contributed by atoms with Crippen molar-refractivity contribution in [3.63, 3.8) is 0 Å². The third-order valence-electron chi connectivity index (χ3n) is 5.85. The molecule has 8 heteroatoms. The highest BCUT2D eigenvalue weighted by molar-refractivity contribution is 6.09. The summed E-state index contributed by atoms with van der Waals surface area (Å²) in [6, 6.07) is 4.94. The number of likely N-dealkylation sites (tertiary alicyclic amines) is 1. The summed E-state index contributed by atoms with van der Waals surface area (Å²) in [6.45, 7) is 7.21. The van der Waals surface area contributed by atoms with Crippen LogP contribution in [-0.4, -0.2) is 59.6 Å². The summed E-state index contributed by atoms with van der Waals surface area (Å²) in [5.41, 5.74) is -0.259. The van der Waals surface area contributed by atoms with E-state index >= 15 is 0 Å². The van der Waals surface area contributed by atoms with Crippen LogP contribution in [0.5, 0.6) is 11.5 Å². The van der Waals surface area contributed by atoms with E-state index in [2.05, 4.69) is 19.2 Å². The van der Waals surface area contributed by atoms with Gasteiger partial charge in [0.25, 0.3) is 5.91 Å². The van der Waals surface area contributed by atoms with Crippen molar-refractivity contribution >= 4 is 17.8 Å². The molecule has 8 nitrogen and oxygen atoms in total. The lowest BCUT2D eigenvalue weighted by Crippen LogP contribution is -2.49. The number of fused-ring (bicyclic) bond motifs is 1. The zero-order valence-electron chi connectivity index (χ0n) is 17.1. The fourth-order valence-corrected chi connectivity index (χ4v) is 4.57. The highest BCUT2D eigenvalue weighted by Crippen LogP contribution is 2.34. The van der Waals surface area contributed by atoms with Crippen LogP contribution in [0.4, 0.5) is 4.79 Å². The Morgan fingerprint density at radius 3 is 2.59 bits per heavy atom. The van der Waals surface area contributed by atoms with Crippen LogP contribution in [0.2, 0.25) is 0 Å². The number of nitrogens with zero attached hydrogens (tertiary/aromatic N) is 2. The Bertz CT molecular complexity index is 847. The van der Waals surface area contributed by atoms with Crippen LogP contribution in [0, 0.1) is 11.8 Å². The van der Waals surface area contributed by atoms with Gasteiger partial charge in [0.15, 0.2) is 11.5 Å². The molecule has 4 amide bonds. The predicted octanol–water partition coefficient (Wildman–Crippen LogP) is 1.77. The van der Waals surface area contributed by atoms with E-state index in [1.165, 1.54) is 0 Å². The first kappa shape index (κ1) is 19.5. The third kappa shape index (κ3) is 3.75. The van der Waals surface area contributed by atoms with E-state index in [9.17, 15) is 14.4 Å². The largest absolute Gasteiger partial charge is 0.454 e. The number of imide groups is 1. The smallest absolute Gasteiger partial charge is 0.325 e. The first-order valence-electron chi connectivity index (χ1n) is 10.1. The number of rotatable bonds is 4. The monoisotopic (exact) mass is 401 g/mol. The molecule has 0 bridgehead atoms. The standard InChI is InChI=1S/C21H27N3O5/c1-13-6-14(2)10-23(9-13)18(25)11-24-19(26)21(3,22-20(24)27)8-15-4-5-16-17(7-15)29-12-28-16/h4-5,7,13-14H,6,8-12H2,1-3H3,(H,22,27)/t13-,14+,21-/m1/s1. The minimum absolute atomic E-state index is 0.176. The Morgan fingerprint density at radius 1 is 1.17 bits per heavy atom. The summed E-state index contributed by atoms with van der Waals surface area (Å²) >= 11 is 0. The molecule has 0 radical (unpaired) electrons. The zero-order chi connectivity index (χ0) is 20.8. The highest BCUT2D eigenvalue weighted by Gasteiger charge is 2.48. The molecule has 2 saturated heterocycles. The van der Waals surface area contributed by atoms with E-state index < -0.39 is 11.6 Å². The zero-order valence-corrected chi connectivity index (χ0v) is 17.1. The molecule has 3 aliphatic heterocycles. The highest BCUT2D eigenvalue weighted by atomic mass is 16.7. The number of urea groups is 1. The van der Waals surface area contributed by atoms with Gasteiger partial charge >= 0.3 is 6.03 Å². The number of carbonyl (C=O) groups excluding carboxylic acids is 3. The van der Waals surface area contributed by atoms with Crippen LogP contribution in [0.1, 0.15) is 32.8 Å². The van der Waals surface area contributed by atoms with E-state index in [0.717, 1.165) is 16.9 Å². The van der Waals surface area contributed by atoms with Gasteiger partial charge in [0.2, 0.25) is 12.7 Å². The van der Waals surface area contributed by atoms with Gasteiger partial charge in [-0.1, -0.05) is 19.9 Å². The number of carbonyl (C=O) groups is 3. The van der Waals surface area contributed by atoms with Crippen LogP contribution in [0.3, 0.4) is 0 Å². The number of hydrogen-bond acceptors (Lipinski definition) is 5. The van der Waals surface area contributed by atoms with E-state index in [-0.39, 0.29) is 25.2 Å². The maximum absolute atomic E-state index is 13.0. The molecule has 0 saturated carbocycles. The quantitative estimate of drug-likeness (QED) is 0.777. The van der Waals surface area contributed by atoms with E-state index in [1.54, 1.807) is 17.9 Å². The van der Waals surface area contributed by atoms with Crippen LogP contribution in [0.15, 0.2) is 18.2 Å². The van der Waals surface area contributed by atoms with Crippen molar-refractivity contribution in [2.75, 3.05) is 26.4 Å². The Morgan fingerprint density at radius 2 is 1.86 bits per heavy atom. The normalized spacial score (nSPS) is 28.7. The lowest BCUT2D eigenvalue weighted by Gasteiger charge is -2.35. The topological polar surface area (TPSA) is 88.2 Å². The molecule has 2 fully saturated rings. The average molecular weight is 401 g/mol. The van der Waals surface area contributed by atoms with E-state index in [0.29, 0.717) is 42.8 Å². The molecule has 0 aliphatic carbocycles. The molecule has 1 aromatic carbocycles. The molecular weight excluding hydrogens is 374 g/mol. The van der Waals surface area contributed by atoms with Gasteiger partial charge in [0.05, 0.1) is 0 Å². The molecule has 3 heterocycles. The summed E-state index contributed by atoms with van der Waals surface area (Å²) in [5.74, 6) is 1.57. The lowest BCUT2D eigenvalue weighted by molar-refractivity contribution is -0.140. The minimum Gasteiger partial charge on any atom is -0.454 e. The predicted molar refractivity (Wildman–Crippen MR) is 104 cm³/mol. The maximum atomic E-state index is 13.0. The van der Waals surface area contributed by atoms with E-state index in [1.807, 2.05) is 12.1 Å². The van der Waals surface area contributed by atoms with Gasteiger partial charge in [-0.2, -0.15) is 0 Å². The Kier molecular flexibility index (Phi) is 4.88. The molecule has 0 spiro atoms. The van der Waals surface area contributed by atoms with Gasteiger partial charge in [-0.15, -0.1) is 0 Å². The second kappa shape index (κ2) is 7.24. The second-order valence-electron chi connectivity index (χ2n) is 8.76. The number of piperidine rings is 1. The van der Waals surface area contributed by atoms with Crippen molar-refractivity contribution in [2.45, 2.75) is 39.2 Å². The fraction of sp³-hybridized carbons (Fsp3) is 0.571. The summed E-state index contributed by atoms with van der Waals surface area (Å²) in [5, 5.41) is 2.77. The number of ether oxygens (including phenoxy) is 2. The van der Waals surface area contributed by atoms with Crippen molar-refractivity contribution in [1.82, 2.24) is 15.1 Å². The summed E-state index contributed by atoms with van der Waals surface area (Å²) in [4.78, 5) is 41.1. The van der Waals surface area contributed by atoms with Gasteiger partial charge in [0.1, 0.15) is 12.1 Å². The van der Waals surface area contributed by atoms with Crippen LogP contribution >= 0.6 is 0 Å². The molecule has 4 rings (SSSR count). The number of nitrogens with one attached hydrogen (secondary N) is 1. The average Bonchev–Trinajstić information content (AvgIpc) is 3.19. The summed E-state index contributed by atoms with van der Waals surface area (Å²) in [6.07, 6.45) is 1.39. The van der Waals surface area contributed by atoms with Gasteiger partial charge in [-0.05, 0) is 42.9 Å². The van der Waals surface area contributed by atoms with Crippen molar-refractivity contribution in [3.8, 4) is 11.5 Å². The first-order valence-corrected chi connectivity index (χ1v) is 10.1. The van der Waals surface area contributed by atoms with Gasteiger partial charge in [-0.25, -0.2) is 4.79 Å². The molecule has 3 atom stereocenters. The Balaban J connectivity index is 1.44. The Hall–Kier alpha value is -2.77. The molecule has 1 N–H and O–H groups in total. The number of benzene rings is 1. The van der Waals surface area contributed by atoms with Crippen LogP contribution in [-0.2, 0) is 16.0 Å². The number of amides is 4. The molecule has 0 aromatic heterocycles. The summed E-state index contributed by atoms with van der Waals surface area (Å²) in [7, 11) is 0. The fourth-order valence-electron chi connectivity index (χ4n) is 4.57. The summed E-state index contributed by atoms with van der Waals surface area (Å²) < 4.78 is 10.7. The van der Waals surface area contributed by atoms with E-state index in [4.69, 9.17) is 9.47 Å². The van der Waals surface area contributed by atoms with Gasteiger partial charge < -0.3 is 19.7 Å². The van der Waals surface area contributed by atoms with Crippen molar-refractivity contribution in [2.24, 2.45) is 11.8 Å². The lowest BCUT2D eigenvalue weighted by atomic mass is 9.91.